The minimum atomic E-state index is -4.77. The minimum Gasteiger partial charge on any atom is -0.378 e. The lowest BCUT2D eigenvalue weighted by Crippen LogP contribution is -2.49. The number of alkyl halides is 6. The monoisotopic (exact) mass is 763 g/mol. The third-order valence-electron chi connectivity index (χ3n) is 8.91. The number of carbonyl (C=O) groups is 1. The third kappa shape index (κ3) is 9.43. The maximum atomic E-state index is 14.0. The van der Waals surface area contributed by atoms with E-state index < -0.39 is 45.0 Å². The Kier molecular flexibility index (Phi) is 11.9. The fourth-order valence-electron chi connectivity index (χ4n) is 6.12. The van der Waals surface area contributed by atoms with E-state index in [9.17, 15) is 48.3 Å². The molecule has 0 bridgehead atoms. The summed E-state index contributed by atoms with van der Waals surface area (Å²) in [6, 6.07) is 10.4. The molecule has 0 atom stereocenters. The van der Waals surface area contributed by atoms with E-state index in [4.69, 9.17) is 4.74 Å². The molecular formula is C34H37F8N5O4S. The van der Waals surface area contributed by atoms with Crippen LogP contribution in [-0.2, 0) is 26.9 Å². The van der Waals surface area contributed by atoms with Crippen LogP contribution in [0.15, 0.2) is 59.5 Å². The molecule has 0 aromatic heterocycles. The van der Waals surface area contributed by atoms with E-state index in [2.05, 4.69) is 5.32 Å². The number of nitrogens with one attached hydrogen (secondary N) is 1. The number of nitrogens with zero attached hydrogens (tertiary/aromatic N) is 4. The van der Waals surface area contributed by atoms with Crippen LogP contribution in [0, 0.1) is 11.6 Å². The molecule has 284 valence electrons. The van der Waals surface area contributed by atoms with Crippen LogP contribution in [0.1, 0.15) is 21.5 Å². The molecule has 0 saturated carbocycles. The lowest BCUT2D eigenvalue weighted by molar-refractivity contribution is -0.140. The van der Waals surface area contributed by atoms with Crippen LogP contribution in [0.5, 0.6) is 0 Å². The standard InChI is InChI=1S/C23H25F4N3O4S.C11H12F4N2/c1-35(32,33)17-3-5-21(29-10-12-34-13-11-29)18(15-17)22(31)30-8-6-28(7-9-30)16-2-4-19(20(24)14-16)23(25,26)27;12-10-7-8(17-5-3-16-4-6-17)1-2-9(10)11(13,14)15/h2-5,14-15H,6-13H2,1H3;1-2,7,16H,3-6H2. The molecule has 3 aromatic carbocycles. The number of anilines is 3. The highest BCUT2D eigenvalue weighted by Crippen LogP contribution is 2.35. The summed E-state index contributed by atoms with van der Waals surface area (Å²) in [6.45, 7) is 6.01. The predicted octanol–water partition coefficient (Wildman–Crippen LogP) is 5.30. The van der Waals surface area contributed by atoms with E-state index >= 15 is 0 Å². The number of halogens is 8. The lowest BCUT2D eigenvalue weighted by Gasteiger charge is -2.37. The molecule has 1 N–H and O–H groups in total. The summed E-state index contributed by atoms with van der Waals surface area (Å²) >= 11 is 0. The van der Waals surface area contributed by atoms with Gasteiger partial charge in [0.2, 0.25) is 0 Å². The van der Waals surface area contributed by atoms with Gasteiger partial charge in [-0.25, -0.2) is 17.2 Å². The first kappa shape index (κ1) is 39.1. The number of piperazine rings is 2. The summed E-state index contributed by atoms with van der Waals surface area (Å²) in [5.41, 5.74) is -0.845. The van der Waals surface area contributed by atoms with Crippen molar-refractivity contribution in [2.24, 2.45) is 0 Å². The van der Waals surface area contributed by atoms with Gasteiger partial charge in [-0.05, 0) is 54.6 Å². The summed E-state index contributed by atoms with van der Waals surface area (Å²) in [5, 5.41) is 3.12. The van der Waals surface area contributed by atoms with Crippen LogP contribution < -0.4 is 20.0 Å². The molecule has 52 heavy (non-hydrogen) atoms. The van der Waals surface area contributed by atoms with Gasteiger partial charge in [0, 0.05) is 88.8 Å². The Morgan fingerprint density at radius 2 is 1.17 bits per heavy atom. The number of hydrogen-bond donors (Lipinski definition) is 1. The van der Waals surface area contributed by atoms with Crippen molar-refractivity contribution in [3.63, 3.8) is 0 Å². The predicted molar refractivity (Wildman–Crippen MR) is 179 cm³/mol. The highest BCUT2D eigenvalue weighted by molar-refractivity contribution is 7.90. The van der Waals surface area contributed by atoms with Gasteiger partial charge in [-0.2, -0.15) is 26.3 Å². The molecule has 3 aromatic rings. The first-order chi connectivity index (χ1) is 24.4. The fraction of sp³-hybridized carbons (Fsp3) is 0.441. The Hall–Kier alpha value is -4.16. The van der Waals surface area contributed by atoms with Crippen LogP contribution in [0.3, 0.4) is 0 Å². The molecule has 0 aliphatic carbocycles. The van der Waals surface area contributed by atoms with E-state index in [1.807, 2.05) is 9.80 Å². The van der Waals surface area contributed by atoms with Crippen molar-refractivity contribution in [3.05, 3.63) is 82.9 Å². The van der Waals surface area contributed by atoms with Gasteiger partial charge in [0.25, 0.3) is 5.91 Å². The highest BCUT2D eigenvalue weighted by Gasteiger charge is 2.35. The van der Waals surface area contributed by atoms with Gasteiger partial charge >= 0.3 is 12.4 Å². The summed E-state index contributed by atoms with van der Waals surface area (Å²) in [7, 11) is -3.54. The van der Waals surface area contributed by atoms with Crippen molar-refractivity contribution in [2.45, 2.75) is 17.2 Å². The molecular weight excluding hydrogens is 726 g/mol. The number of sulfone groups is 1. The van der Waals surface area contributed by atoms with E-state index in [-0.39, 0.29) is 42.5 Å². The van der Waals surface area contributed by atoms with Crippen LogP contribution >= 0.6 is 0 Å². The van der Waals surface area contributed by atoms with Crippen molar-refractivity contribution in [2.75, 3.05) is 99.6 Å². The normalized spacial score (nSPS) is 17.5. The third-order valence-corrected chi connectivity index (χ3v) is 10.0. The number of carbonyl (C=O) groups excluding carboxylic acids is 1. The first-order valence-electron chi connectivity index (χ1n) is 16.3. The van der Waals surface area contributed by atoms with Gasteiger partial charge < -0.3 is 29.7 Å². The minimum absolute atomic E-state index is 0.0386. The molecule has 3 aliphatic rings. The van der Waals surface area contributed by atoms with Crippen LogP contribution in [0.4, 0.5) is 52.2 Å². The number of morpholine rings is 1. The Morgan fingerprint density at radius 3 is 1.63 bits per heavy atom. The van der Waals surface area contributed by atoms with Crippen LogP contribution in [0.2, 0.25) is 0 Å². The zero-order chi connectivity index (χ0) is 37.8. The maximum absolute atomic E-state index is 14.0. The fourth-order valence-corrected chi connectivity index (χ4v) is 6.77. The van der Waals surface area contributed by atoms with Gasteiger partial charge in [-0.3, -0.25) is 4.79 Å². The summed E-state index contributed by atoms with van der Waals surface area (Å²) in [6.07, 6.45) is -8.33. The van der Waals surface area contributed by atoms with Gasteiger partial charge in [0.1, 0.15) is 11.6 Å². The Balaban J connectivity index is 0.000000257. The molecule has 0 spiro atoms. The quantitative estimate of drug-likeness (QED) is 0.351. The molecule has 3 heterocycles. The van der Waals surface area contributed by atoms with Crippen molar-refractivity contribution in [1.29, 1.82) is 0 Å². The summed E-state index contributed by atoms with van der Waals surface area (Å²) < 4.78 is 133. The number of rotatable bonds is 5. The van der Waals surface area contributed by atoms with Crippen molar-refractivity contribution in [1.82, 2.24) is 10.2 Å². The number of hydrogen-bond acceptors (Lipinski definition) is 8. The van der Waals surface area contributed by atoms with Crippen LogP contribution in [-0.4, -0.2) is 104 Å². The van der Waals surface area contributed by atoms with E-state index in [0.29, 0.717) is 62.5 Å². The Labute approximate surface area is 295 Å². The average molecular weight is 764 g/mol. The van der Waals surface area contributed by atoms with E-state index in [0.717, 1.165) is 37.5 Å². The molecule has 3 aliphatic heterocycles. The van der Waals surface area contributed by atoms with Gasteiger partial charge in [0.15, 0.2) is 9.84 Å². The number of benzene rings is 3. The number of ether oxygens (including phenoxy) is 1. The molecule has 3 fully saturated rings. The molecule has 1 amide bonds. The molecule has 0 radical (unpaired) electrons. The van der Waals surface area contributed by atoms with Crippen LogP contribution in [0.25, 0.3) is 0 Å². The van der Waals surface area contributed by atoms with Gasteiger partial charge in [-0.15, -0.1) is 0 Å². The average Bonchev–Trinajstić information content (AvgIpc) is 3.10. The first-order valence-corrected chi connectivity index (χ1v) is 18.2. The zero-order valence-electron chi connectivity index (χ0n) is 28.0. The summed E-state index contributed by atoms with van der Waals surface area (Å²) in [5.74, 6) is -2.90. The summed E-state index contributed by atoms with van der Waals surface area (Å²) in [4.78, 5) is 20.6. The Bertz CT molecular complexity index is 1840. The molecule has 18 heteroatoms. The molecule has 6 rings (SSSR count). The SMILES string of the molecule is CS(=O)(=O)c1ccc(N2CCOCC2)c(C(=O)N2CCN(c3ccc(C(F)(F)F)c(F)c3)CC2)c1.Fc1cc(N2CCNCC2)ccc1C(F)(F)F. The topological polar surface area (TPSA) is 85.4 Å². The zero-order valence-corrected chi connectivity index (χ0v) is 28.9. The highest BCUT2D eigenvalue weighted by atomic mass is 32.2. The molecule has 9 nitrogen and oxygen atoms in total. The Morgan fingerprint density at radius 1 is 0.673 bits per heavy atom. The van der Waals surface area contributed by atoms with Gasteiger partial charge in [0.05, 0.1) is 34.8 Å². The van der Waals surface area contributed by atoms with Crippen molar-refractivity contribution < 1.29 is 53.1 Å². The lowest BCUT2D eigenvalue weighted by atomic mass is 10.1. The largest absolute Gasteiger partial charge is 0.419 e. The van der Waals surface area contributed by atoms with Crippen molar-refractivity contribution >= 4 is 32.8 Å². The second kappa shape index (κ2) is 15.8. The number of amides is 1. The second-order valence-electron chi connectivity index (χ2n) is 12.4. The molecule has 0 unspecified atom stereocenters. The van der Waals surface area contributed by atoms with E-state index in [1.54, 1.807) is 15.9 Å². The smallest absolute Gasteiger partial charge is 0.378 e. The van der Waals surface area contributed by atoms with Gasteiger partial charge in [-0.1, -0.05) is 0 Å². The second-order valence-corrected chi connectivity index (χ2v) is 14.4. The van der Waals surface area contributed by atoms with Crippen molar-refractivity contribution in [3.8, 4) is 0 Å². The molecule has 3 saturated heterocycles. The maximum Gasteiger partial charge on any atom is 0.419 e. The van der Waals surface area contributed by atoms with E-state index in [1.165, 1.54) is 24.3 Å².